The first kappa shape index (κ1) is 23.4. The van der Waals surface area contributed by atoms with Gasteiger partial charge in [-0.05, 0) is 57.2 Å². The highest BCUT2D eigenvalue weighted by Gasteiger charge is 2.36. The molecule has 2 aromatic carbocycles. The molecule has 0 aromatic heterocycles. The van der Waals surface area contributed by atoms with Crippen LogP contribution < -0.4 is 5.32 Å². The van der Waals surface area contributed by atoms with E-state index in [1.165, 1.54) is 6.92 Å². The van der Waals surface area contributed by atoms with Gasteiger partial charge in [-0.25, -0.2) is 4.79 Å². The minimum absolute atomic E-state index is 0.0680. The average molecular weight is 414 g/mol. The molecule has 162 valence electrons. The Morgan fingerprint density at radius 1 is 0.967 bits per heavy atom. The summed E-state index contributed by atoms with van der Waals surface area (Å²) in [5, 5.41) is 21.9. The van der Waals surface area contributed by atoms with Crippen LogP contribution in [0.2, 0.25) is 0 Å². The van der Waals surface area contributed by atoms with E-state index < -0.39 is 35.7 Å². The van der Waals surface area contributed by atoms with Gasteiger partial charge in [0.05, 0.1) is 12.0 Å². The second kappa shape index (κ2) is 9.76. The summed E-state index contributed by atoms with van der Waals surface area (Å²) in [5.74, 6) is -1.11. The number of amides is 1. The minimum atomic E-state index is -1.37. The number of aliphatic hydroxyl groups excluding tert-OH is 1. The molecule has 0 fully saturated rings. The van der Waals surface area contributed by atoms with Gasteiger partial charge in [0.15, 0.2) is 0 Å². The van der Waals surface area contributed by atoms with Gasteiger partial charge in [-0.2, -0.15) is 0 Å². The number of carboxylic acids is 1. The predicted molar refractivity (Wildman–Crippen MR) is 116 cm³/mol. The Labute approximate surface area is 177 Å². The Kier molecular flexibility index (Phi) is 7.62. The van der Waals surface area contributed by atoms with Gasteiger partial charge in [0.2, 0.25) is 0 Å². The summed E-state index contributed by atoms with van der Waals surface area (Å²) < 4.78 is 5.33. The number of carbonyl (C=O) groups excluding carboxylic acids is 1. The van der Waals surface area contributed by atoms with E-state index in [-0.39, 0.29) is 6.42 Å². The first-order chi connectivity index (χ1) is 14.0. The smallest absolute Gasteiger partial charge is 0.407 e. The van der Waals surface area contributed by atoms with Crippen LogP contribution in [0.5, 0.6) is 0 Å². The molecule has 2 atom stereocenters. The second-order valence-corrected chi connectivity index (χ2v) is 8.84. The monoisotopic (exact) mass is 413 g/mol. The SMILES string of the molecule is CC(C)(C)OC(=O)NC(Cc1ccc(-c2ccccc2)cc1)CC(C)(CO)C(=O)O. The fourth-order valence-electron chi connectivity index (χ4n) is 3.16. The van der Waals surface area contributed by atoms with Gasteiger partial charge in [0, 0.05) is 6.04 Å². The van der Waals surface area contributed by atoms with Crippen LogP contribution in [0.15, 0.2) is 54.6 Å². The first-order valence-electron chi connectivity index (χ1n) is 10.0. The lowest BCUT2D eigenvalue weighted by molar-refractivity contribution is -0.151. The molecule has 1 amide bonds. The quantitative estimate of drug-likeness (QED) is 0.601. The second-order valence-electron chi connectivity index (χ2n) is 8.84. The van der Waals surface area contributed by atoms with Crippen LogP contribution in [-0.2, 0) is 16.0 Å². The van der Waals surface area contributed by atoms with Crippen molar-refractivity contribution in [3.8, 4) is 11.1 Å². The molecule has 30 heavy (non-hydrogen) atoms. The Morgan fingerprint density at radius 3 is 2.03 bits per heavy atom. The molecule has 0 heterocycles. The highest BCUT2D eigenvalue weighted by Crippen LogP contribution is 2.26. The van der Waals surface area contributed by atoms with Crippen LogP contribution in [0, 0.1) is 5.41 Å². The van der Waals surface area contributed by atoms with E-state index in [1.54, 1.807) is 20.8 Å². The molecule has 0 aliphatic heterocycles. The Hall–Kier alpha value is -2.86. The van der Waals surface area contributed by atoms with Crippen molar-refractivity contribution in [2.75, 3.05) is 6.61 Å². The zero-order valence-electron chi connectivity index (χ0n) is 18.0. The van der Waals surface area contributed by atoms with Crippen molar-refractivity contribution < 1.29 is 24.5 Å². The van der Waals surface area contributed by atoms with E-state index in [1.807, 2.05) is 54.6 Å². The van der Waals surface area contributed by atoms with Crippen LogP contribution in [0.1, 0.15) is 39.7 Å². The van der Waals surface area contributed by atoms with Gasteiger partial charge in [-0.15, -0.1) is 0 Å². The molecular weight excluding hydrogens is 382 g/mol. The van der Waals surface area contributed by atoms with Gasteiger partial charge in [0.1, 0.15) is 5.60 Å². The van der Waals surface area contributed by atoms with Crippen LogP contribution in [0.25, 0.3) is 11.1 Å². The Balaban J connectivity index is 2.19. The van der Waals surface area contributed by atoms with Crippen LogP contribution >= 0.6 is 0 Å². The molecule has 6 heteroatoms. The van der Waals surface area contributed by atoms with Crippen LogP contribution in [0.4, 0.5) is 4.79 Å². The Bertz CT molecular complexity index is 842. The molecular formula is C24H31NO5. The summed E-state index contributed by atoms with van der Waals surface area (Å²) in [5.41, 5.74) is 1.08. The number of carbonyl (C=O) groups is 2. The predicted octanol–water partition coefficient (Wildman–Crippen LogP) is 4.26. The molecule has 6 nitrogen and oxygen atoms in total. The lowest BCUT2D eigenvalue weighted by Crippen LogP contribution is -2.45. The highest BCUT2D eigenvalue weighted by atomic mass is 16.6. The van der Waals surface area contributed by atoms with Crippen molar-refractivity contribution in [3.63, 3.8) is 0 Å². The molecule has 2 aromatic rings. The first-order valence-corrected chi connectivity index (χ1v) is 10.0. The van der Waals surface area contributed by atoms with E-state index in [9.17, 15) is 19.8 Å². The molecule has 0 bridgehead atoms. The topological polar surface area (TPSA) is 95.9 Å². The van der Waals surface area contributed by atoms with E-state index >= 15 is 0 Å². The largest absolute Gasteiger partial charge is 0.481 e. The standard InChI is InChI=1S/C24H31NO5/c1-23(2,3)30-22(29)25-20(15-24(4,16-26)21(27)28)14-17-10-12-19(13-11-17)18-8-6-5-7-9-18/h5-13,20,26H,14-16H2,1-4H3,(H,25,29)(H,27,28). The van der Waals surface area contributed by atoms with Crippen molar-refractivity contribution in [2.24, 2.45) is 5.41 Å². The number of hydrogen-bond donors (Lipinski definition) is 3. The molecule has 0 saturated heterocycles. The number of alkyl carbamates (subject to hydrolysis) is 1. The van der Waals surface area contributed by atoms with Crippen molar-refractivity contribution in [3.05, 3.63) is 60.2 Å². The number of aliphatic carboxylic acids is 1. The molecule has 0 radical (unpaired) electrons. The molecule has 3 N–H and O–H groups in total. The lowest BCUT2D eigenvalue weighted by Gasteiger charge is -2.29. The van der Waals surface area contributed by atoms with Crippen molar-refractivity contribution >= 4 is 12.1 Å². The summed E-state index contributed by atoms with van der Waals surface area (Å²) in [6.45, 7) is 6.23. The minimum Gasteiger partial charge on any atom is -0.481 e. The lowest BCUT2D eigenvalue weighted by atomic mass is 9.82. The van der Waals surface area contributed by atoms with Gasteiger partial charge < -0.3 is 20.3 Å². The third kappa shape index (κ3) is 6.88. The normalized spacial score (nSPS) is 14.4. The maximum absolute atomic E-state index is 12.3. The highest BCUT2D eigenvalue weighted by molar-refractivity contribution is 5.74. The summed E-state index contributed by atoms with van der Waals surface area (Å²) >= 11 is 0. The zero-order valence-corrected chi connectivity index (χ0v) is 18.0. The Morgan fingerprint density at radius 2 is 1.53 bits per heavy atom. The van der Waals surface area contributed by atoms with Crippen LogP contribution in [-0.4, -0.2) is 40.5 Å². The zero-order chi connectivity index (χ0) is 22.4. The van der Waals surface area contributed by atoms with Crippen molar-refractivity contribution in [1.29, 1.82) is 0 Å². The summed E-state index contributed by atoms with van der Waals surface area (Å²) in [6, 6.07) is 17.4. The number of hydrogen-bond acceptors (Lipinski definition) is 4. The molecule has 2 rings (SSSR count). The van der Waals surface area contributed by atoms with E-state index in [0.29, 0.717) is 6.42 Å². The van der Waals surface area contributed by atoms with Gasteiger partial charge >= 0.3 is 12.1 Å². The summed E-state index contributed by atoms with van der Waals surface area (Å²) in [6.07, 6.45) is -0.130. The fraction of sp³-hybridized carbons (Fsp3) is 0.417. The maximum Gasteiger partial charge on any atom is 0.407 e. The number of aliphatic hydroxyl groups is 1. The number of rotatable bonds is 8. The van der Waals surface area contributed by atoms with E-state index in [4.69, 9.17) is 4.74 Å². The maximum atomic E-state index is 12.3. The number of carboxylic acid groups (broad SMARTS) is 1. The summed E-state index contributed by atoms with van der Waals surface area (Å²) in [4.78, 5) is 24.0. The van der Waals surface area contributed by atoms with Gasteiger partial charge in [-0.3, -0.25) is 4.79 Å². The number of ether oxygens (including phenoxy) is 1. The van der Waals surface area contributed by atoms with Crippen molar-refractivity contribution in [1.82, 2.24) is 5.32 Å². The van der Waals surface area contributed by atoms with E-state index in [0.717, 1.165) is 16.7 Å². The summed E-state index contributed by atoms with van der Waals surface area (Å²) in [7, 11) is 0. The van der Waals surface area contributed by atoms with E-state index in [2.05, 4.69) is 5.32 Å². The fourth-order valence-corrected chi connectivity index (χ4v) is 3.16. The van der Waals surface area contributed by atoms with Gasteiger partial charge in [-0.1, -0.05) is 54.6 Å². The molecule has 0 aliphatic rings. The van der Waals surface area contributed by atoms with Crippen LogP contribution in [0.3, 0.4) is 0 Å². The molecule has 0 spiro atoms. The molecule has 0 saturated carbocycles. The van der Waals surface area contributed by atoms with Gasteiger partial charge in [0.25, 0.3) is 0 Å². The average Bonchev–Trinajstić information content (AvgIpc) is 2.67. The third-order valence-electron chi connectivity index (χ3n) is 4.83. The third-order valence-corrected chi connectivity index (χ3v) is 4.83. The molecule has 0 aliphatic carbocycles. The number of benzene rings is 2. The van der Waals surface area contributed by atoms with Crippen molar-refractivity contribution in [2.45, 2.75) is 52.2 Å². The number of nitrogens with one attached hydrogen (secondary N) is 1. The molecule has 2 unspecified atom stereocenters.